The number of nitrogen functional groups attached to an aromatic ring is 1. The molecule has 0 unspecified atom stereocenters. The summed E-state index contributed by atoms with van der Waals surface area (Å²) in [6.07, 6.45) is 5.06. The van der Waals surface area contributed by atoms with Crippen LogP contribution in [0.2, 0.25) is 0 Å². The highest BCUT2D eigenvalue weighted by molar-refractivity contribution is 6.05. The summed E-state index contributed by atoms with van der Waals surface area (Å²) in [5.74, 6) is 0.0240. The predicted octanol–water partition coefficient (Wildman–Crippen LogP) is 2.44. The summed E-state index contributed by atoms with van der Waals surface area (Å²) in [5.41, 5.74) is 7.00. The minimum atomic E-state index is 0.0240. The first kappa shape index (κ1) is 12.0. The average Bonchev–Trinajstić information content (AvgIpc) is 2.47. The number of nitrogens with zero attached hydrogens (tertiary/aromatic N) is 2. The fourth-order valence-corrected chi connectivity index (χ4v) is 2.60. The first-order valence-corrected chi connectivity index (χ1v) is 6.69. The molecule has 4 nitrogen and oxygen atoms in total. The van der Waals surface area contributed by atoms with Crippen LogP contribution in [-0.4, -0.2) is 28.9 Å². The zero-order valence-corrected chi connectivity index (χ0v) is 10.8. The normalized spacial score (nSPS) is 15.7. The summed E-state index contributed by atoms with van der Waals surface area (Å²) in [6, 6.07) is 7.51. The van der Waals surface area contributed by atoms with Gasteiger partial charge in [-0.1, -0.05) is 6.07 Å². The fraction of sp³-hybridized carbons (Fsp3) is 0.333. The molecule has 4 heteroatoms. The number of aromatic nitrogens is 1. The zero-order valence-electron chi connectivity index (χ0n) is 10.8. The molecule has 1 aromatic heterocycles. The number of carbonyl (C=O) groups is 1. The summed E-state index contributed by atoms with van der Waals surface area (Å²) in [6.45, 7) is 1.67. The number of rotatable bonds is 1. The maximum absolute atomic E-state index is 12.5. The number of piperidine rings is 1. The summed E-state index contributed by atoms with van der Waals surface area (Å²) >= 11 is 0. The average molecular weight is 255 g/mol. The third kappa shape index (κ3) is 2.26. The molecule has 0 atom stereocenters. The Kier molecular flexibility index (Phi) is 3.07. The second-order valence-electron chi connectivity index (χ2n) is 4.99. The molecule has 0 radical (unpaired) electrons. The minimum absolute atomic E-state index is 0.0240. The van der Waals surface area contributed by atoms with Gasteiger partial charge in [-0.15, -0.1) is 0 Å². The lowest BCUT2D eigenvalue weighted by Gasteiger charge is -2.26. The molecule has 2 heterocycles. The Morgan fingerprint density at radius 2 is 1.95 bits per heavy atom. The molecule has 1 saturated heterocycles. The number of hydrogen-bond acceptors (Lipinski definition) is 3. The lowest BCUT2D eigenvalue weighted by atomic mass is 10.1. The second kappa shape index (κ2) is 4.88. The van der Waals surface area contributed by atoms with Gasteiger partial charge < -0.3 is 10.6 Å². The van der Waals surface area contributed by atoms with E-state index in [1.165, 1.54) is 6.42 Å². The molecule has 3 rings (SSSR count). The number of nitrogens with two attached hydrogens (primary N) is 1. The van der Waals surface area contributed by atoms with E-state index >= 15 is 0 Å². The first-order valence-electron chi connectivity index (χ1n) is 6.69. The van der Waals surface area contributed by atoms with E-state index in [2.05, 4.69) is 4.98 Å². The van der Waals surface area contributed by atoms with Gasteiger partial charge in [-0.25, -0.2) is 0 Å². The van der Waals surface area contributed by atoms with E-state index in [-0.39, 0.29) is 5.91 Å². The van der Waals surface area contributed by atoms with Gasteiger partial charge in [0.25, 0.3) is 5.91 Å². The Balaban J connectivity index is 2.03. The van der Waals surface area contributed by atoms with Crippen LogP contribution < -0.4 is 5.73 Å². The molecule has 1 fully saturated rings. The van der Waals surface area contributed by atoms with Crippen molar-refractivity contribution >= 4 is 22.4 Å². The van der Waals surface area contributed by atoms with Crippen LogP contribution >= 0.6 is 0 Å². The molecule has 0 spiro atoms. The molecular formula is C15H17N3O. The van der Waals surface area contributed by atoms with Crippen molar-refractivity contribution in [3.05, 3.63) is 36.2 Å². The number of benzene rings is 1. The van der Waals surface area contributed by atoms with Gasteiger partial charge in [0.15, 0.2) is 0 Å². The number of carbonyl (C=O) groups excluding carboxylic acids is 1. The summed E-state index contributed by atoms with van der Waals surface area (Å²) in [4.78, 5) is 18.7. The predicted molar refractivity (Wildman–Crippen MR) is 75.9 cm³/mol. The highest BCUT2D eigenvalue weighted by Crippen LogP contribution is 2.22. The summed E-state index contributed by atoms with van der Waals surface area (Å²) in [7, 11) is 0. The Labute approximate surface area is 112 Å². The standard InChI is InChI=1S/C15H17N3O/c16-12-5-4-11-6-7-17-14(13(11)10-12)15(19)18-8-2-1-3-9-18/h4-7,10H,1-3,8-9,16H2. The van der Waals surface area contributed by atoms with Crippen molar-refractivity contribution in [1.29, 1.82) is 0 Å². The molecule has 0 saturated carbocycles. The molecule has 2 aromatic rings. The zero-order chi connectivity index (χ0) is 13.2. The van der Waals surface area contributed by atoms with Crippen LogP contribution in [0.25, 0.3) is 10.8 Å². The van der Waals surface area contributed by atoms with Gasteiger partial charge in [-0.05, 0) is 42.8 Å². The van der Waals surface area contributed by atoms with Gasteiger partial charge in [0.1, 0.15) is 5.69 Å². The molecule has 19 heavy (non-hydrogen) atoms. The number of amides is 1. The van der Waals surface area contributed by atoms with Gasteiger partial charge in [-0.2, -0.15) is 0 Å². The van der Waals surface area contributed by atoms with Crippen molar-refractivity contribution in [2.75, 3.05) is 18.8 Å². The van der Waals surface area contributed by atoms with Crippen LogP contribution in [0, 0.1) is 0 Å². The number of fused-ring (bicyclic) bond motifs is 1. The van der Waals surface area contributed by atoms with Crippen molar-refractivity contribution in [3.63, 3.8) is 0 Å². The fourth-order valence-electron chi connectivity index (χ4n) is 2.60. The maximum Gasteiger partial charge on any atom is 0.273 e. The monoisotopic (exact) mass is 255 g/mol. The van der Waals surface area contributed by atoms with Crippen LogP contribution in [0.4, 0.5) is 5.69 Å². The van der Waals surface area contributed by atoms with E-state index in [0.29, 0.717) is 11.4 Å². The number of likely N-dealkylation sites (tertiary alicyclic amines) is 1. The maximum atomic E-state index is 12.5. The molecule has 1 aliphatic rings. The molecule has 1 aromatic carbocycles. The van der Waals surface area contributed by atoms with Crippen molar-refractivity contribution < 1.29 is 4.79 Å². The SMILES string of the molecule is Nc1ccc2ccnc(C(=O)N3CCCCC3)c2c1. The number of hydrogen-bond donors (Lipinski definition) is 1. The molecule has 0 aliphatic carbocycles. The summed E-state index contributed by atoms with van der Waals surface area (Å²) < 4.78 is 0. The van der Waals surface area contributed by atoms with E-state index in [0.717, 1.165) is 36.7 Å². The molecule has 1 aliphatic heterocycles. The molecule has 98 valence electrons. The molecule has 0 bridgehead atoms. The lowest BCUT2D eigenvalue weighted by molar-refractivity contribution is 0.0720. The van der Waals surface area contributed by atoms with E-state index in [4.69, 9.17) is 5.73 Å². The van der Waals surface area contributed by atoms with Crippen LogP contribution in [0.5, 0.6) is 0 Å². The lowest BCUT2D eigenvalue weighted by Crippen LogP contribution is -2.36. The van der Waals surface area contributed by atoms with Crippen LogP contribution in [0.3, 0.4) is 0 Å². The topological polar surface area (TPSA) is 59.2 Å². The van der Waals surface area contributed by atoms with Gasteiger partial charge >= 0.3 is 0 Å². The Hall–Kier alpha value is -2.10. The van der Waals surface area contributed by atoms with Crippen molar-refractivity contribution in [2.24, 2.45) is 0 Å². The van der Waals surface area contributed by atoms with Crippen LogP contribution in [-0.2, 0) is 0 Å². The third-order valence-electron chi connectivity index (χ3n) is 3.64. The van der Waals surface area contributed by atoms with Gasteiger partial charge in [-0.3, -0.25) is 9.78 Å². The number of anilines is 1. The van der Waals surface area contributed by atoms with Gasteiger partial charge in [0.2, 0.25) is 0 Å². The van der Waals surface area contributed by atoms with Crippen LogP contribution in [0.15, 0.2) is 30.5 Å². The summed E-state index contributed by atoms with van der Waals surface area (Å²) in [5, 5.41) is 1.85. The Morgan fingerprint density at radius 3 is 2.74 bits per heavy atom. The Bertz CT molecular complexity index is 618. The highest BCUT2D eigenvalue weighted by Gasteiger charge is 2.21. The van der Waals surface area contributed by atoms with E-state index in [1.807, 2.05) is 29.2 Å². The first-order chi connectivity index (χ1) is 9.25. The van der Waals surface area contributed by atoms with Crippen molar-refractivity contribution in [2.45, 2.75) is 19.3 Å². The number of pyridine rings is 1. The molecular weight excluding hydrogens is 238 g/mol. The van der Waals surface area contributed by atoms with Crippen LogP contribution in [0.1, 0.15) is 29.8 Å². The smallest absolute Gasteiger partial charge is 0.273 e. The van der Waals surface area contributed by atoms with Gasteiger partial charge in [0.05, 0.1) is 0 Å². The second-order valence-corrected chi connectivity index (χ2v) is 4.99. The van der Waals surface area contributed by atoms with E-state index < -0.39 is 0 Å². The molecule has 1 amide bonds. The molecule has 2 N–H and O–H groups in total. The third-order valence-corrected chi connectivity index (χ3v) is 3.64. The Morgan fingerprint density at radius 1 is 1.16 bits per heavy atom. The van der Waals surface area contributed by atoms with Gasteiger partial charge in [0, 0.05) is 30.4 Å². The van der Waals surface area contributed by atoms with Crippen molar-refractivity contribution in [1.82, 2.24) is 9.88 Å². The quantitative estimate of drug-likeness (QED) is 0.796. The van der Waals surface area contributed by atoms with Crippen molar-refractivity contribution in [3.8, 4) is 0 Å². The van der Waals surface area contributed by atoms with E-state index in [1.54, 1.807) is 6.20 Å². The largest absolute Gasteiger partial charge is 0.399 e. The van der Waals surface area contributed by atoms with E-state index in [9.17, 15) is 4.79 Å². The highest BCUT2D eigenvalue weighted by atomic mass is 16.2. The minimum Gasteiger partial charge on any atom is -0.399 e.